The number of aryl methyl sites for hydroxylation is 1. The molecule has 1 aromatic carbocycles. The molecule has 0 heterocycles. The van der Waals surface area contributed by atoms with E-state index < -0.39 is 0 Å². The van der Waals surface area contributed by atoms with Crippen molar-refractivity contribution in [3.8, 4) is 0 Å². The number of hydrogen-bond donors (Lipinski definition) is 0. The monoisotopic (exact) mass is 281 g/mol. The third kappa shape index (κ3) is 2.73. The van der Waals surface area contributed by atoms with Crippen LogP contribution in [-0.4, -0.2) is 13.0 Å². The van der Waals surface area contributed by atoms with Gasteiger partial charge in [-0.1, -0.05) is 12.1 Å². The molecule has 0 spiro atoms. The molecule has 0 aliphatic carbocycles. The summed E-state index contributed by atoms with van der Waals surface area (Å²) in [5.74, 6) is 0.0204. The summed E-state index contributed by atoms with van der Waals surface area (Å²) in [5.41, 5.74) is 2.80. The van der Waals surface area contributed by atoms with Crippen LogP contribution in [0.3, 0.4) is 0 Å². The molecule has 0 radical (unpaired) electrons. The predicted molar refractivity (Wildman–Crippen MR) is 71.7 cm³/mol. The number of benzene rings is 1. The van der Waals surface area contributed by atoms with Crippen molar-refractivity contribution in [2.75, 3.05) is 11.9 Å². The van der Waals surface area contributed by atoms with E-state index in [1.54, 1.807) is 11.9 Å². The standard InChI is InChI=1S/C13H16BrNO/c1-5-10(3)13(16)15(4)12-7-6-9(2)8-11(12)14/h5-8H,1-4H3/b10-5-. The minimum Gasteiger partial charge on any atom is -0.311 e. The van der Waals surface area contributed by atoms with Crippen LogP contribution < -0.4 is 4.90 Å². The summed E-state index contributed by atoms with van der Waals surface area (Å²) < 4.78 is 0.937. The minimum atomic E-state index is 0.0204. The first kappa shape index (κ1) is 13.0. The van der Waals surface area contributed by atoms with E-state index in [0.717, 1.165) is 15.7 Å². The zero-order chi connectivity index (χ0) is 12.3. The predicted octanol–water partition coefficient (Wildman–Crippen LogP) is 3.69. The number of allylic oxidation sites excluding steroid dienone is 1. The number of carbonyl (C=O) groups excluding carboxylic acids is 1. The number of carbonyl (C=O) groups is 1. The normalized spacial score (nSPS) is 11.4. The van der Waals surface area contributed by atoms with Gasteiger partial charge in [-0.05, 0) is 54.4 Å². The van der Waals surface area contributed by atoms with Crippen LogP contribution in [0.2, 0.25) is 0 Å². The fourth-order valence-electron chi connectivity index (χ4n) is 1.38. The van der Waals surface area contributed by atoms with Crippen molar-refractivity contribution in [1.29, 1.82) is 0 Å². The van der Waals surface area contributed by atoms with Gasteiger partial charge >= 0.3 is 0 Å². The quantitative estimate of drug-likeness (QED) is 0.758. The Morgan fingerprint density at radius 3 is 2.56 bits per heavy atom. The van der Waals surface area contributed by atoms with Crippen molar-refractivity contribution in [3.05, 3.63) is 39.9 Å². The fraction of sp³-hybridized carbons (Fsp3) is 0.308. The number of halogens is 1. The maximum absolute atomic E-state index is 11.9. The average Bonchev–Trinajstić information content (AvgIpc) is 2.26. The third-order valence-electron chi connectivity index (χ3n) is 2.54. The third-order valence-corrected chi connectivity index (χ3v) is 3.17. The minimum absolute atomic E-state index is 0.0204. The van der Waals surface area contributed by atoms with Crippen LogP contribution >= 0.6 is 15.9 Å². The van der Waals surface area contributed by atoms with Gasteiger partial charge in [0, 0.05) is 17.1 Å². The maximum atomic E-state index is 11.9. The Hall–Kier alpha value is -1.09. The lowest BCUT2D eigenvalue weighted by Gasteiger charge is -2.19. The Morgan fingerprint density at radius 2 is 2.06 bits per heavy atom. The number of amides is 1. The second-order valence-corrected chi connectivity index (χ2v) is 4.65. The average molecular weight is 282 g/mol. The topological polar surface area (TPSA) is 20.3 Å². The Labute approximate surface area is 105 Å². The van der Waals surface area contributed by atoms with Gasteiger partial charge in [0.2, 0.25) is 0 Å². The van der Waals surface area contributed by atoms with E-state index in [-0.39, 0.29) is 5.91 Å². The summed E-state index contributed by atoms with van der Waals surface area (Å²) in [6.07, 6.45) is 1.82. The van der Waals surface area contributed by atoms with E-state index in [4.69, 9.17) is 0 Å². The van der Waals surface area contributed by atoms with Crippen molar-refractivity contribution in [1.82, 2.24) is 0 Å². The molecule has 0 aliphatic rings. The Kier molecular flexibility index (Phi) is 4.30. The molecule has 1 rings (SSSR count). The van der Waals surface area contributed by atoms with Gasteiger partial charge in [0.1, 0.15) is 0 Å². The highest BCUT2D eigenvalue weighted by molar-refractivity contribution is 9.10. The summed E-state index contributed by atoms with van der Waals surface area (Å²) in [6.45, 7) is 5.71. The van der Waals surface area contributed by atoms with Crippen molar-refractivity contribution >= 4 is 27.5 Å². The van der Waals surface area contributed by atoms with Gasteiger partial charge in [-0.2, -0.15) is 0 Å². The lowest BCUT2D eigenvalue weighted by Crippen LogP contribution is -2.27. The molecule has 0 aliphatic heterocycles. The highest BCUT2D eigenvalue weighted by Gasteiger charge is 2.14. The molecule has 3 heteroatoms. The van der Waals surface area contributed by atoms with E-state index in [1.165, 1.54) is 5.56 Å². The first-order valence-corrected chi connectivity index (χ1v) is 5.93. The van der Waals surface area contributed by atoms with Gasteiger partial charge in [-0.25, -0.2) is 0 Å². The van der Waals surface area contributed by atoms with Crippen LogP contribution in [0.4, 0.5) is 5.69 Å². The van der Waals surface area contributed by atoms with Crippen LogP contribution in [0, 0.1) is 6.92 Å². The molecule has 0 N–H and O–H groups in total. The van der Waals surface area contributed by atoms with Crippen LogP contribution in [0.25, 0.3) is 0 Å². The van der Waals surface area contributed by atoms with Crippen LogP contribution in [0.5, 0.6) is 0 Å². The van der Waals surface area contributed by atoms with Gasteiger partial charge in [0.25, 0.3) is 5.91 Å². The molecule has 0 bridgehead atoms. The number of rotatable bonds is 2. The van der Waals surface area contributed by atoms with Gasteiger partial charge in [0.05, 0.1) is 5.69 Å². The zero-order valence-electron chi connectivity index (χ0n) is 10.0. The molecule has 1 aromatic rings. The second kappa shape index (κ2) is 5.30. The van der Waals surface area contributed by atoms with Gasteiger partial charge < -0.3 is 4.90 Å². The van der Waals surface area contributed by atoms with Gasteiger partial charge in [0.15, 0.2) is 0 Å². The zero-order valence-corrected chi connectivity index (χ0v) is 11.6. The summed E-state index contributed by atoms with van der Waals surface area (Å²) in [4.78, 5) is 13.6. The number of likely N-dealkylation sites (N-methyl/N-ethyl adjacent to an activating group) is 1. The lowest BCUT2D eigenvalue weighted by atomic mass is 10.2. The summed E-state index contributed by atoms with van der Waals surface area (Å²) in [5, 5.41) is 0. The summed E-state index contributed by atoms with van der Waals surface area (Å²) >= 11 is 3.47. The molecule has 2 nitrogen and oxygen atoms in total. The SMILES string of the molecule is C/C=C(/C)C(=O)N(C)c1ccc(C)cc1Br. The lowest BCUT2D eigenvalue weighted by molar-refractivity contribution is -0.114. The summed E-state index contributed by atoms with van der Waals surface area (Å²) in [7, 11) is 1.78. The highest BCUT2D eigenvalue weighted by Crippen LogP contribution is 2.27. The van der Waals surface area contributed by atoms with Crippen LogP contribution in [0.15, 0.2) is 34.3 Å². The number of hydrogen-bond acceptors (Lipinski definition) is 1. The Bertz CT molecular complexity index is 438. The van der Waals surface area contributed by atoms with Crippen molar-refractivity contribution in [2.45, 2.75) is 20.8 Å². The first-order valence-electron chi connectivity index (χ1n) is 5.14. The molecule has 0 saturated carbocycles. The van der Waals surface area contributed by atoms with Gasteiger partial charge in [-0.15, -0.1) is 0 Å². The molecule has 1 amide bonds. The molecule has 0 fully saturated rings. The van der Waals surface area contributed by atoms with E-state index in [9.17, 15) is 4.79 Å². The van der Waals surface area contributed by atoms with E-state index in [0.29, 0.717) is 0 Å². The molecule has 0 atom stereocenters. The van der Waals surface area contributed by atoms with Crippen molar-refractivity contribution < 1.29 is 4.79 Å². The number of nitrogens with zero attached hydrogens (tertiary/aromatic N) is 1. The molecule has 0 aromatic heterocycles. The Morgan fingerprint density at radius 1 is 1.44 bits per heavy atom. The van der Waals surface area contributed by atoms with E-state index in [2.05, 4.69) is 15.9 Å². The van der Waals surface area contributed by atoms with Gasteiger partial charge in [-0.3, -0.25) is 4.79 Å². The summed E-state index contributed by atoms with van der Waals surface area (Å²) in [6, 6.07) is 5.94. The smallest absolute Gasteiger partial charge is 0.253 e. The van der Waals surface area contributed by atoms with E-state index in [1.807, 2.05) is 45.0 Å². The molecular formula is C13H16BrNO. The van der Waals surface area contributed by atoms with Crippen LogP contribution in [0.1, 0.15) is 19.4 Å². The largest absolute Gasteiger partial charge is 0.311 e. The fourth-order valence-corrected chi connectivity index (χ4v) is 2.14. The van der Waals surface area contributed by atoms with Crippen molar-refractivity contribution in [3.63, 3.8) is 0 Å². The molecular weight excluding hydrogens is 266 g/mol. The molecule has 0 unspecified atom stereocenters. The highest BCUT2D eigenvalue weighted by atomic mass is 79.9. The molecule has 86 valence electrons. The second-order valence-electron chi connectivity index (χ2n) is 3.79. The molecule has 0 saturated heterocycles. The first-order chi connectivity index (χ1) is 7.47. The maximum Gasteiger partial charge on any atom is 0.253 e. The number of anilines is 1. The van der Waals surface area contributed by atoms with Crippen molar-refractivity contribution in [2.24, 2.45) is 0 Å². The van der Waals surface area contributed by atoms with Crippen LogP contribution in [-0.2, 0) is 4.79 Å². The molecule has 16 heavy (non-hydrogen) atoms. The van der Waals surface area contributed by atoms with E-state index >= 15 is 0 Å². The Balaban J connectivity index is 3.05.